The Labute approximate surface area is 152 Å². The van der Waals surface area contributed by atoms with Crippen LogP contribution in [0.1, 0.15) is 35.8 Å². The second-order valence-electron chi connectivity index (χ2n) is 6.51. The van der Waals surface area contributed by atoms with Crippen molar-refractivity contribution in [3.8, 4) is 0 Å². The highest BCUT2D eigenvalue weighted by Crippen LogP contribution is 2.24. The fourth-order valence-corrected chi connectivity index (χ4v) is 4.51. The van der Waals surface area contributed by atoms with E-state index < -0.39 is 10.0 Å². The summed E-state index contributed by atoms with van der Waals surface area (Å²) in [6, 6.07) is 10.5. The minimum Gasteiger partial charge on any atom is -0.467 e. The third-order valence-electron chi connectivity index (χ3n) is 4.81. The fraction of sp³-hybridized carbons (Fsp3) is 0.316. The molecule has 4 rings (SSSR count). The number of nitrogens with one attached hydrogen (secondary N) is 1. The van der Waals surface area contributed by atoms with Crippen LogP contribution in [0.2, 0.25) is 0 Å². The topological polar surface area (TPSA) is 77.1 Å². The molecule has 1 aromatic carbocycles. The van der Waals surface area contributed by atoms with E-state index in [2.05, 4.69) is 9.82 Å². The second-order valence-corrected chi connectivity index (χ2v) is 8.27. The average molecular weight is 371 g/mol. The van der Waals surface area contributed by atoms with Crippen LogP contribution in [0.15, 0.2) is 64.4 Å². The Balaban J connectivity index is 1.55. The van der Waals surface area contributed by atoms with E-state index in [0.717, 1.165) is 24.8 Å². The zero-order valence-electron chi connectivity index (χ0n) is 14.3. The maximum atomic E-state index is 12.8. The molecule has 1 aliphatic rings. The standard InChI is InChI=1S/C19H21N3O3S/c23-26(24,17-9-8-15-5-1-2-6-16(15)13-17)21-14-18(19-7-3-12-25-19)22-11-4-10-20-22/h3-4,7-13,18,21H,1-2,5-6,14H2/t18-/m0/s1. The van der Waals surface area contributed by atoms with Crippen molar-refractivity contribution in [2.75, 3.05) is 6.54 Å². The minimum absolute atomic E-state index is 0.161. The molecule has 2 aromatic heterocycles. The van der Waals surface area contributed by atoms with E-state index in [1.54, 1.807) is 41.5 Å². The molecule has 0 radical (unpaired) electrons. The Morgan fingerprint density at radius 3 is 2.73 bits per heavy atom. The highest BCUT2D eigenvalue weighted by molar-refractivity contribution is 7.89. The van der Waals surface area contributed by atoms with Crippen molar-refractivity contribution >= 4 is 10.0 Å². The third kappa shape index (κ3) is 3.45. The first-order valence-corrected chi connectivity index (χ1v) is 10.3. The van der Waals surface area contributed by atoms with Crippen molar-refractivity contribution in [2.24, 2.45) is 0 Å². The smallest absolute Gasteiger partial charge is 0.240 e. The lowest BCUT2D eigenvalue weighted by Crippen LogP contribution is -2.31. The summed E-state index contributed by atoms with van der Waals surface area (Å²) in [6.07, 6.45) is 9.29. The number of aryl methyl sites for hydroxylation is 2. The number of hydrogen-bond donors (Lipinski definition) is 1. The molecule has 6 nitrogen and oxygen atoms in total. The predicted octanol–water partition coefficient (Wildman–Crippen LogP) is 2.92. The van der Waals surface area contributed by atoms with Crippen LogP contribution < -0.4 is 4.72 Å². The molecular weight excluding hydrogens is 350 g/mol. The highest BCUT2D eigenvalue weighted by atomic mass is 32.2. The van der Waals surface area contributed by atoms with Crippen LogP contribution in [-0.4, -0.2) is 24.7 Å². The van der Waals surface area contributed by atoms with Crippen molar-refractivity contribution in [2.45, 2.75) is 36.6 Å². The largest absolute Gasteiger partial charge is 0.467 e. The Morgan fingerprint density at radius 2 is 2.00 bits per heavy atom. The molecule has 7 heteroatoms. The Morgan fingerprint density at radius 1 is 1.15 bits per heavy atom. The summed E-state index contributed by atoms with van der Waals surface area (Å²) in [5, 5.41) is 4.23. The number of aromatic nitrogens is 2. The number of fused-ring (bicyclic) bond motifs is 1. The summed E-state index contributed by atoms with van der Waals surface area (Å²) in [7, 11) is -3.60. The Bertz CT molecular complexity index is 929. The molecule has 0 aliphatic heterocycles. The monoisotopic (exact) mass is 371 g/mol. The van der Waals surface area contributed by atoms with Crippen molar-refractivity contribution in [3.63, 3.8) is 0 Å². The lowest BCUT2D eigenvalue weighted by molar-refractivity contribution is 0.402. The Kier molecular flexibility index (Phi) is 4.65. The number of nitrogens with zero attached hydrogens (tertiary/aromatic N) is 2. The van der Waals surface area contributed by atoms with Gasteiger partial charge in [0.1, 0.15) is 11.8 Å². The van der Waals surface area contributed by atoms with Gasteiger partial charge in [0.05, 0.1) is 11.2 Å². The van der Waals surface area contributed by atoms with Crippen LogP contribution in [-0.2, 0) is 22.9 Å². The number of rotatable bonds is 6. The van der Waals surface area contributed by atoms with Crippen molar-refractivity contribution < 1.29 is 12.8 Å². The first-order chi connectivity index (χ1) is 12.6. The molecule has 1 aliphatic carbocycles. The van der Waals surface area contributed by atoms with Gasteiger partial charge in [0, 0.05) is 18.9 Å². The number of hydrogen-bond acceptors (Lipinski definition) is 4. The van der Waals surface area contributed by atoms with Gasteiger partial charge in [-0.3, -0.25) is 4.68 Å². The molecule has 0 fully saturated rings. The summed E-state index contributed by atoms with van der Waals surface area (Å²) in [4.78, 5) is 0.316. The molecule has 1 atom stereocenters. The fourth-order valence-electron chi connectivity index (χ4n) is 3.42. The summed E-state index contributed by atoms with van der Waals surface area (Å²) in [5.41, 5.74) is 2.41. The molecule has 136 valence electrons. The van der Waals surface area contributed by atoms with Gasteiger partial charge in [-0.25, -0.2) is 13.1 Å². The van der Waals surface area contributed by atoms with Gasteiger partial charge in [-0.15, -0.1) is 0 Å². The van der Waals surface area contributed by atoms with E-state index in [0.29, 0.717) is 10.7 Å². The SMILES string of the molecule is O=S(=O)(NC[C@@H](c1ccco1)n1cccn1)c1ccc2c(c1)CCCC2. The van der Waals surface area contributed by atoms with E-state index in [1.165, 1.54) is 12.0 Å². The van der Waals surface area contributed by atoms with Crippen molar-refractivity contribution in [3.05, 3.63) is 71.9 Å². The van der Waals surface area contributed by atoms with E-state index in [-0.39, 0.29) is 12.6 Å². The van der Waals surface area contributed by atoms with Crippen LogP contribution in [0, 0.1) is 0 Å². The van der Waals surface area contributed by atoms with Crippen LogP contribution >= 0.6 is 0 Å². The second kappa shape index (κ2) is 7.09. The summed E-state index contributed by atoms with van der Waals surface area (Å²) >= 11 is 0. The zero-order valence-corrected chi connectivity index (χ0v) is 15.2. The number of sulfonamides is 1. The normalized spacial score (nSPS) is 15.5. The van der Waals surface area contributed by atoms with Crippen molar-refractivity contribution in [1.82, 2.24) is 14.5 Å². The maximum absolute atomic E-state index is 12.8. The molecule has 0 bridgehead atoms. The van der Waals surface area contributed by atoms with Gasteiger partial charge in [-0.2, -0.15) is 5.10 Å². The molecule has 0 saturated heterocycles. The van der Waals surface area contributed by atoms with Crippen LogP contribution in [0.3, 0.4) is 0 Å². The lowest BCUT2D eigenvalue weighted by atomic mass is 9.92. The van der Waals surface area contributed by atoms with Crippen LogP contribution in [0.5, 0.6) is 0 Å². The van der Waals surface area contributed by atoms with Crippen LogP contribution in [0.4, 0.5) is 0 Å². The van der Waals surface area contributed by atoms with Gasteiger partial charge >= 0.3 is 0 Å². The average Bonchev–Trinajstić information content (AvgIpc) is 3.36. The molecule has 2 heterocycles. The summed E-state index contributed by atoms with van der Waals surface area (Å²) in [5.74, 6) is 0.654. The van der Waals surface area contributed by atoms with Crippen LogP contribution in [0.25, 0.3) is 0 Å². The highest BCUT2D eigenvalue weighted by Gasteiger charge is 2.22. The van der Waals surface area contributed by atoms with Gasteiger partial charge in [0.25, 0.3) is 0 Å². The van der Waals surface area contributed by atoms with Gasteiger partial charge < -0.3 is 4.42 Å². The van der Waals surface area contributed by atoms with E-state index in [4.69, 9.17) is 4.42 Å². The molecular formula is C19H21N3O3S. The molecule has 0 unspecified atom stereocenters. The van der Waals surface area contributed by atoms with E-state index in [9.17, 15) is 8.42 Å². The van der Waals surface area contributed by atoms with Gasteiger partial charge in [-0.05, 0) is 67.1 Å². The summed E-state index contributed by atoms with van der Waals surface area (Å²) < 4.78 is 35.4. The zero-order chi connectivity index (χ0) is 18.0. The van der Waals surface area contributed by atoms with Crippen molar-refractivity contribution in [1.29, 1.82) is 0 Å². The molecule has 0 amide bonds. The van der Waals surface area contributed by atoms with Gasteiger partial charge in [-0.1, -0.05) is 6.07 Å². The molecule has 0 saturated carbocycles. The molecule has 0 spiro atoms. The first kappa shape index (κ1) is 17.1. The maximum Gasteiger partial charge on any atom is 0.240 e. The van der Waals surface area contributed by atoms with E-state index >= 15 is 0 Å². The van der Waals surface area contributed by atoms with Gasteiger partial charge in [0.2, 0.25) is 10.0 Å². The quantitative estimate of drug-likeness (QED) is 0.723. The number of furan rings is 1. The third-order valence-corrected chi connectivity index (χ3v) is 6.23. The number of benzene rings is 1. The Hall–Kier alpha value is -2.38. The van der Waals surface area contributed by atoms with E-state index in [1.807, 2.05) is 18.2 Å². The van der Waals surface area contributed by atoms with Gasteiger partial charge in [0.15, 0.2) is 0 Å². The molecule has 26 heavy (non-hydrogen) atoms. The predicted molar refractivity (Wildman–Crippen MR) is 97.3 cm³/mol. The summed E-state index contributed by atoms with van der Waals surface area (Å²) in [6.45, 7) is 0.161. The first-order valence-electron chi connectivity index (χ1n) is 8.77. The molecule has 1 N–H and O–H groups in total. The lowest BCUT2D eigenvalue weighted by Gasteiger charge is -2.18. The minimum atomic E-state index is -3.60. The molecule has 3 aromatic rings.